The Bertz CT molecular complexity index is 473. The first-order chi connectivity index (χ1) is 7.34. The number of primary amides is 1. The van der Waals surface area contributed by atoms with Crippen molar-refractivity contribution < 1.29 is 18.5 Å². The molecule has 9 heteroatoms. The van der Waals surface area contributed by atoms with Crippen molar-refractivity contribution in [1.29, 1.82) is 0 Å². The van der Waals surface area contributed by atoms with Crippen molar-refractivity contribution in [3.8, 4) is 0 Å². The molecule has 3 N–H and O–H groups in total. The van der Waals surface area contributed by atoms with Gasteiger partial charge < -0.3 is 10.7 Å². The van der Waals surface area contributed by atoms with Gasteiger partial charge in [-0.15, -0.1) is 0 Å². The molecule has 1 rings (SSSR count). The Balaban J connectivity index is 3.67. The lowest BCUT2D eigenvalue weighted by Crippen LogP contribution is -2.22. The molecule has 7 nitrogen and oxygen atoms in total. The van der Waals surface area contributed by atoms with E-state index in [2.05, 4.69) is 0 Å². The molecule has 0 atom stereocenters. The monoisotopic (exact) mass is 233 g/mol. The van der Waals surface area contributed by atoms with Crippen LogP contribution >= 0.6 is 0 Å². The van der Waals surface area contributed by atoms with Crippen LogP contribution in [0, 0.1) is 10.1 Å². The van der Waals surface area contributed by atoms with Gasteiger partial charge in [0, 0.05) is 0 Å². The Morgan fingerprint density at radius 1 is 1.56 bits per heavy atom. The molecule has 0 fully saturated rings. The van der Waals surface area contributed by atoms with Crippen molar-refractivity contribution in [1.82, 2.24) is 4.98 Å². The van der Waals surface area contributed by atoms with Crippen LogP contribution in [0.1, 0.15) is 22.5 Å². The van der Waals surface area contributed by atoms with Gasteiger partial charge in [0.15, 0.2) is 0 Å². The molecule has 0 aromatic carbocycles. The summed E-state index contributed by atoms with van der Waals surface area (Å²) in [5.74, 6) is -1.36. The normalized spacial score (nSPS) is 10.4. The summed E-state index contributed by atoms with van der Waals surface area (Å²) in [7, 11) is 0. The second-order valence-corrected chi connectivity index (χ2v) is 2.73. The second-order valence-electron chi connectivity index (χ2n) is 2.73. The van der Waals surface area contributed by atoms with Crippen molar-refractivity contribution in [2.45, 2.75) is 6.43 Å². The van der Waals surface area contributed by atoms with Crippen LogP contribution < -0.4 is 11.3 Å². The molecule has 1 aromatic rings. The SMILES string of the molecule is NC(=O)c1[nH]c(=O)cc([N+](=O)[O-])c1C(F)F. The van der Waals surface area contributed by atoms with Gasteiger partial charge in [-0.25, -0.2) is 8.78 Å². The first-order valence-corrected chi connectivity index (χ1v) is 3.84. The fourth-order valence-corrected chi connectivity index (χ4v) is 1.12. The van der Waals surface area contributed by atoms with E-state index in [-0.39, 0.29) is 0 Å². The lowest BCUT2D eigenvalue weighted by molar-refractivity contribution is -0.386. The molecule has 0 bridgehead atoms. The van der Waals surface area contributed by atoms with Crippen LogP contribution in [0.2, 0.25) is 0 Å². The average Bonchev–Trinajstić information content (AvgIpc) is 2.15. The number of nitrogens with two attached hydrogens (primary N) is 1. The van der Waals surface area contributed by atoms with Gasteiger partial charge in [0.25, 0.3) is 23.6 Å². The molecular formula is C7H5F2N3O4. The maximum atomic E-state index is 12.5. The van der Waals surface area contributed by atoms with Gasteiger partial charge in [0.2, 0.25) is 0 Å². The van der Waals surface area contributed by atoms with E-state index >= 15 is 0 Å². The van der Waals surface area contributed by atoms with E-state index < -0.39 is 39.8 Å². The van der Waals surface area contributed by atoms with Gasteiger partial charge in [-0.3, -0.25) is 19.7 Å². The highest BCUT2D eigenvalue weighted by Crippen LogP contribution is 2.29. The Labute approximate surface area is 86.0 Å². The maximum absolute atomic E-state index is 12.5. The first kappa shape index (κ1) is 11.8. The minimum Gasteiger partial charge on any atom is -0.364 e. The summed E-state index contributed by atoms with van der Waals surface area (Å²) < 4.78 is 25.0. The Morgan fingerprint density at radius 3 is 2.50 bits per heavy atom. The molecular weight excluding hydrogens is 228 g/mol. The zero-order valence-electron chi connectivity index (χ0n) is 7.57. The summed E-state index contributed by atoms with van der Waals surface area (Å²) in [6.07, 6.45) is -3.29. The fraction of sp³-hybridized carbons (Fsp3) is 0.143. The summed E-state index contributed by atoms with van der Waals surface area (Å²) in [4.78, 5) is 32.6. The zero-order chi connectivity index (χ0) is 12.5. The molecule has 0 aliphatic carbocycles. The number of aromatic amines is 1. The summed E-state index contributed by atoms with van der Waals surface area (Å²) in [6.45, 7) is 0. The second kappa shape index (κ2) is 4.04. The summed E-state index contributed by atoms with van der Waals surface area (Å²) in [5, 5.41) is 10.4. The van der Waals surface area contributed by atoms with E-state index in [1.54, 1.807) is 4.98 Å². The number of rotatable bonds is 3. The summed E-state index contributed by atoms with van der Waals surface area (Å²) >= 11 is 0. The highest BCUT2D eigenvalue weighted by atomic mass is 19.3. The molecule has 0 unspecified atom stereocenters. The molecule has 0 aliphatic rings. The van der Waals surface area contributed by atoms with E-state index in [0.29, 0.717) is 6.07 Å². The topological polar surface area (TPSA) is 119 Å². The lowest BCUT2D eigenvalue weighted by atomic mass is 10.1. The first-order valence-electron chi connectivity index (χ1n) is 3.84. The number of carbonyl (C=O) groups is 1. The van der Waals surface area contributed by atoms with Crippen LogP contribution in [-0.2, 0) is 0 Å². The van der Waals surface area contributed by atoms with Crippen LogP contribution in [0.5, 0.6) is 0 Å². The van der Waals surface area contributed by atoms with E-state index in [1.165, 1.54) is 0 Å². The Hall–Kier alpha value is -2.32. The molecule has 0 saturated carbocycles. The van der Waals surface area contributed by atoms with Gasteiger partial charge in [-0.2, -0.15) is 0 Å². The van der Waals surface area contributed by atoms with Crippen molar-refractivity contribution >= 4 is 11.6 Å². The lowest BCUT2D eigenvalue weighted by Gasteiger charge is -2.05. The summed E-state index contributed by atoms with van der Waals surface area (Å²) in [6, 6.07) is 0.369. The van der Waals surface area contributed by atoms with Crippen LogP contribution in [0.15, 0.2) is 10.9 Å². The third-order valence-electron chi connectivity index (χ3n) is 1.72. The molecule has 0 radical (unpaired) electrons. The van der Waals surface area contributed by atoms with Gasteiger partial charge in [0.1, 0.15) is 11.3 Å². The minimum absolute atomic E-state index is 0.369. The number of carbonyl (C=O) groups excluding carboxylic acids is 1. The van der Waals surface area contributed by atoms with Gasteiger partial charge in [-0.05, 0) is 0 Å². The minimum atomic E-state index is -3.29. The molecule has 0 aliphatic heterocycles. The number of nitro groups is 1. The number of alkyl halides is 2. The molecule has 0 spiro atoms. The highest BCUT2D eigenvalue weighted by Gasteiger charge is 2.29. The molecule has 0 saturated heterocycles. The Morgan fingerprint density at radius 2 is 2.12 bits per heavy atom. The standard InChI is InChI=1S/C7H5F2N3O4/c8-6(9)4-2(12(15)16)1-3(13)11-5(4)7(10)14/h1,6H,(H2,10,14)(H,11,13). The van der Waals surface area contributed by atoms with Crippen molar-refractivity contribution in [2.75, 3.05) is 0 Å². The predicted molar refractivity (Wildman–Crippen MR) is 47.2 cm³/mol. The number of nitrogens with zero attached hydrogens (tertiary/aromatic N) is 1. The number of nitrogens with one attached hydrogen (secondary N) is 1. The number of H-pyrrole nitrogens is 1. The average molecular weight is 233 g/mol. The highest BCUT2D eigenvalue weighted by molar-refractivity contribution is 5.93. The van der Waals surface area contributed by atoms with Crippen LogP contribution in [0.4, 0.5) is 14.5 Å². The number of halogens is 2. The number of pyridine rings is 1. The zero-order valence-corrected chi connectivity index (χ0v) is 7.57. The Kier molecular flexibility index (Phi) is 2.97. The quantitative estimate of drug-likeness (QED) is 0.576. The van der Waals surface area contributed by atoms with E-state index in [9.17, 15) is 28.5 Å². The summed E-state index contributed by atoms with van der Waals surface area (Å²) in [5.41, 5.74) is 0.409. The van der Waals surface area contributed by atoms with E-state index in [4.69, 9.17) is 5.73 Å². The molecule has 86 valence electrons. The smallest absolute Gasteiger partial charge is 0.286 e. The predicted octanol–water partition coefficient (Wildman–Crippen LogP) is 0.320. The molecule has 1 amide bonds. The van der Waals surface area contributed by atoms with Gasteiger partial charge in [0.05, 0.1) is 11.0 Å². The van der Waals surface area contributed by atoms with Gasteiger partial charge in [-0.1, -0.05) is 0 Å². The van der Waals surface area contributed by atoms with Crippen molar-refractivity contribution in [3.63, 3.8) is 0 Å². The molecule has 1 aromatic heterocycles. The molecule has 16 heavy (non-hydrogen) atoms. The van der Waals surface area contributed by atoms with Crippen LogP contribution in [-0.4, -0.2) is 15.8 Å². The number of amides is 1. The van der Waals surface area contributed by atoms with Crippen LogP contribution in [0.25, 0.3) is 0 Å². The van der Waals surface area contributed by atoms with Crippen molar-refractivity contribution in [3.05, 3.63) is 37.8 Å². The number of hydrogen-bond acceptors (Lipinski definition) is 4. The van der Waals surface area contributed by atoms with E-state index in [1.807, 2.05) is 0 Å². The van der Waals surface area contributed by atoms with Gasteiger partial charge >= 0.3 is 0 Å². The van der Waals surface area contributed by atoms with Crippen LogP contribution in [0.3, 0.4) is 0 Å². The fourth-order valence-electron chi connectivity index (χ4n) is 1.12. The largest absolute Gasteiger partial charge is 0.364 e. The maximum Gasteiger partial charge on any atom is 0.286 e. The third-order valence-corrected chi connectivity index (χ3v) is 1.72. The number of hydrogen-bond donors (Lipinski definition) is 2. The number of aromatic nitrogens is 1. The third kappa shape index (κ3) is 2.02. The van der Waals surface area contributed by atoms with Crippen molar-refractivity contribution in [2.24, 2.45) is 5.73 Å². The molecule has 1 heterocycles. The van der Waals surface area contributed by atoms with E-state index in [0.717, 1.165) is 0 Å².